The third-order valence-corrected chi connectivity index (χ3v) is 3.80. The fourth-order valence-electron chi connectivity index (χ4n) is 1.78. The van der Waals surface area contributed by atoms with E-state index in [4.69, 9.17) is 0 Å². The van der Waals surface area contributed by atoms with E-state index in [1.807, 2.05) is 38.1 Å². The van der Waals surface area contributed by atoms with Gasteiger partial charge in [-0.3, -0.25) is 9.59 Å². The smallest absolute Gasteiger partial charge is 0.238 e. The Morgan fingerprint density at radius 2 is 2.17 bits per heavy atom. The van der Waals surface area contributed by atoms with Crippen molar-refractivity contribution in [1.82, 2.24) is 5.32 Å². The lowest BCUT2D eigenvalue weighted by Crippen LogP contribution is -2.37. The van der Waals surface area contributed by atoms with E-state index in [0.717, 1.165) is 10.6 Å². The number of benzene rings is 1. The third kappa shape index (κ3) is 3.04. The summed E-state index contributed by atoms with van der Waals surface area (Å²) in [7, 11) is 0. The minimum atomic E-state index is -0.348. The van der Waals surface area contributed by atoms with Crippen molar-refractivity contribution in [3.63, 3.8) is 0 Å². The molecule has 0 saturated heterocycles. The van der Waals surface area contributed by atoms with Crippen molar-refractivity contribution >= 4 is 29.3 Å². The Balaban J connectivity index is 2.04. The number of carbonyl (C=O) groups is 2. The zero-order valence-electron chi connectivity index (χ0n) is 10.4. The second-order valence-electron chi connectivity index (χ2n) is 4.52. The first-order valence-electron chi connectivity index (χ1n) is 5.92. The molecular weight excluding hydrogens is 248 g/mol. The van der Waals surface area contributed by atoms with Crippen LogP contribution in [0.25, 0.3) is 0 Å². The number of amides is 2. The lowest BCUT2D eigenvalue weighted by molar-refractivity contribution is -0.124. The highest BCUT2D eigenvalue weighted by Crippen LogP contribution is 2.36. The highest BCUT2D eigenvalue weighted by atomic mass is 32.2. The molecule has 1 atom stereocenters. The number of thioether (sulfide) groups is 1. The highest BCUT2D eigenvalue weighted by molar-refractivity contribution is 8.01. The summed E-state index contributed by atoms with van der Waals surface area (Å²) in [5.41, 5.74) is 0.827. The van der Waals surface area contributed by atoms with Gasteiger partial charge in [-0.15, -0.1) is 11.8 Å². The van der Waals surface area contributed by atoms with E-state index in [1.54, 1.807) is 0 Å². The number of hydrogen-bond donors (Lipinski definition) is 2. The molecule has 1 unspecified atom stereocenters. The van der Waals surface area contributed by atoms with Gasteiger partial charge in [-0.25, -0.2) is 0 Å². The second-order valence-corrected chi connectivity index (χ2v) is 5.76. The first kappa shape index (κ1) is 13.0. The lowest BCUT2D eigenvalue weighted by atomic mass is 10.2. The first-order valence-corrected chi connectivity index (χ1v) is 6.80. The van der Waals surface area contributed by atoms with Gasteiger partial charge in [0.05, 0.1) is 10.9 Å². The monoisotopic (exact) mass is 264 g/mol. The summed E-state index contributed by atoms with van der Waals surface area (Å²) < 4.78 is 0. The average molecular weight is 264 g/mol. The molecule has 0 spiro atoms. The van der Waals surface area contributed by atoms with Crippen molar-refractivity contribution in [1.29, 1.82) is 0 Å². The molecule has 1 heterocycles. The minimum Gasteiger partial charge on any atom is -0.354 e. The zero-order chi connectivity index (χ0) is 13.1. The molecule has 18 heavy (non-hydrogen) atoms. The van der Waals surface area contributed by atoms with Crippen LogP contribution in [-0.4, -0.2) is 23.1 Å². The summed E-state index contributed by atoms with van der Waals surface area (Å²) in [5, 5.41) is 5.28. The number of nitrogens with one attached hydrogen (secondary N) is 2. The number of para-hydroxylation sites is 1. The molecule has 1 aromatic rings. The molecule has 2 rings (SSSR count). The van der Waals surface area contributed by atoms with Crippen molar-refractivity contribution in [3.05, 3.63) is 24.3 Å². The van der Waals surface area contributed by atoms with Gasteiger partial charge in [0, 0.05) is 17.4 Å². The molecule has 0 radical (unpaired) electrons. The molecule has 0 fully saturated rings. The molecule has 4 nitrogen and oxygen atoms in total. The van der Waals surface area contributed by atoms with Crippen LogP contribution in [0.5, 0.6) is 0 Å². The van der Waals surface area contributed by atoms with Crippen LogP contribution in [0.3, 0.4) is 0 Å². The fourth-order valence-corrected chi connectivity index (χ4v) is 2.89. The second kappa shape index (κ2) is 5.44. The number of rotatable bonds is 3. The Hall–Kier alpha value is -1.49. The lowest BCUT2D eigenvalue weighted by Gasteiger charge is -2.23. The molecule has 1 aliphatic heterocycles. The third-order valence-electron chi connectivity index (χ3n) is 2.53. The van der Waals surface area contributed by atoms with Gasteiger partial charge in [0.25, 0.3) is 0 Å². The van der Waals surface area contributed by atoms with Gasteiger partial charge >= 0.3 is 0 Å². The van der Waals surface area contributed by atoms with Crippen LogP contribution in [0.2, 0.25) is 0 Å². The predicted octanol–water partition coefficient (Wildman–Crippen LogP) is 2.01. The molecule has 2 N–H and O–H groups in total. The molecule has 0 saturated carbocycles. The SMILES string of the molecule is CC(C)NC(=O)CC1Sc2ccccc2NC1=O. The van der Waals surface area contributed by atoms with Crippen molar-refractivity contribution in [3.8, 4) is 0 Å². The van der Waals surface area contributed by atoms with Crippen LogP contribution in [-0.2, 0) is 9.59 Å². The van der Waals surface area contributed by atoms with E-state index in [9.17, 15) is 9.59 Å². The Bertz CT molecular complexity index is 474. The van der Waals surface area contributed by atoms with Crippen LogP contribution in [0.1, 0.15) is 20.3 Å². The van der Waals surface area contributed by atoms with Crippen LogP contribution in [0.4, 0.5) is 5.69 Å². The summed E-state index contributed by atoms with van der Waals surface area (Å²) in [4.78, 5) is 24.6. The van der Waals surface area contributed by atoms with Crippen molar-refractivity contribution in [2.45, 2.75) is 36.5 Å². The summed E-state index contributed by atoms with van der Waals surface area (Å²) in [6.45, 7) is 3.81. The van der Waals surface area contributed by atoms with Gasteiger partial charge in [0.1, 0.15) is 0 Å². The van der Waals surface area contributed by atoms with E-state index in [1.165, 1.54) is 11.8 Å². The van der Waals surface area contributed by atoms with Crippen LogP contribution in [0, 0.1) is 0 Å². The van der Waals surface area contributed by atoms with Gasteiger partial charge in [-0.05, 0) is 26.0 Å². The first-order chi connectivity index (χ1) is 8.56. The van der Waals surface area contributed by atoms with Crippen LogP contribution in [0.15, 0.2) is 29.2 Å². The van der Waals surface area contributed by atoms with Gasteiger partial charge in [-0.2, -0.15) is 0 Å². The van der Waals surface area contributed by atoms with Crippen molar-refractivity contribution < 1.29 is 9.59 Å². The summed E-state index contributed by atoms with van der Waals surface area (Å²) in [5.74, 6) is -0.186. The zero-order valence-corrected chi connectivity index (χ0v) is 11.2. The highest BCUT2D eigenvalue weighted by Gasteiger charge is 2.28. The van der Waals surface area contributed by atoms with Crippen LogP contribution >= 0.6 is 11.8 Å². The van der Waals surface area contributed by atoms with Crippen LogP contribution < -0.4 is 10.6 Å². The summed E-state index contributed by atoms with van der Waals surface area (Å²) in [6.07, 6.45) is 0.211. The molecule has 1 aliphatic rings. The van der Waals surface area contributed by atoms with E-state index in [0.29, 0.717) is 0 Å². The number of anilines is 1. The quantitative estimate of drug-likeness (QED) is 0.878. The Kier molecular flexibility index (Phi) is 3.91. The van der Waals surface area contributed by atoms with Gasteiger partial charge in [-0.1, -0.05) is 12.1 Å². The fraction of sp³-hybridized carbons (Fsp3) is 0.385. The van der Waals surface area contributed by atoms with Crippen molar-refractivity contribution in [2.75, 3.05) is 5.32 Å². The number of hydrogen-bond acceptors (Lipinski definition) is 3. The minimum absolute atomic E-state index is 0.0861. The molecule has 2 amide bonds. The molecule has 1 aromatic carbocycles. The maximum Gasteiger partial charge on any atom is 0.238 e. The number of carbonyl (C=O) groups excluding carboxylic acids is 2. The molecular formula is C13H16N2O2S. The van der Waals surface area contributed by atoms with E-state index in [-0.39, 0.29) is 29.5 Å². The van der Waals surface area contributed by atoms with E-state index < -0.39 is 0 Å². The normalized spacial score (nSPS) is 18.2. The Morgan fingerprint density at radius 3 is 2.89 bits per heavy atom. The molecule has 0 bridgehead atoms. The molecule has 0 aromatic heterocycles. The maximum absolute atomic E-state index is 11.9. The summed E-state index contributed by atoms with van der Waals surface area (Å²) in [6, 6.07) is 7.72. The maximum atomic E-state index is 11.9. The standard InChI is InChI=1S/C13H16N2O2S/c1-8(2)14-12(16)7-11-13(17)15-9-5-3-4-6-10(9)18-11/h3-6,8,11H,7H2,1-2H3,(H,14,16)(H,15,17). The van der Waals surface area contributed by atoms with Crippen molar-refractivity contribution in [2.24, 2.45) is 0 Å². The molecule has 5 heteroatoms. The topological polar surface area (TPSA) is 58.2 Å². The molecule has 0 aliphatic carbocycles. The Morgan fingerprint density at radius 1 is 1.44 bits per heavy atom. The average Bonchev–Trinajstić information content (AvgIpc) is 2.29. The number of fused-ring (bicyclic) bond motifs is 1. The van der Waals surface area contributed by atoms with Gasteiger partial charge in [0.2, 0.25) is 11.8 Å². The van der Waals surface area contributed by atoms with E-state index >= 15 is 0 Å². The molecule has 96 valence electrons. The van der Waals surface area contributed by atoms with Gasteiger partial charge < -0.3 is 10.6 Å². The summed E-state index contributed by atoms with van der Waals surface area (Å²) >= 11 is 1.45. The predicted molar refractivity (Wildman–Crippen MR) is 72.6 cm³/mol. The Labute approximate surface area is 111 Å². The van der Waals surface area contributed by atoms with E-state index in [2.05, 4.69) is 10.6 Å². The largest absolute Gasteiger partial charge is 0.354 e. The van der Waals surface area contributed by atoms with Gasteiger partial charge in [0.15, 0.2) is 0 Å².